The molecule has 0 radical (unpaired) electrons. The zero-order chi connectivity index (χ0) is 14.5. The van der Waals surface area contributed by atoms with Crippen molar-refractivity contribution in [2.24, 2.45) is 7.05 Å². The number of hydrogen-bond donors (Lipinski definition) is 2. The molecule has 1 atom stereocenters. The van der Waals surface area contributed by atoms with Crippen molar-refractivity contribution in [2.75, 3.05) is 5.73 Å². The summed E-state index contributed by atoms with van der Waals surface area (Å²) in [7, 11) is 1.97. The van der Waals surface area contributed by atoms with Gasteiger partial charge in [-0.2, -0.15) is 0 Å². The van der Waals surface area contributed by atoms with E-state index in [0.29, 0.717) is 13.0 Å². The summed E-state index contributed by atoms with van der Waals surface area (Å²) >= 11 is 0. The van der Waals surface area contributed by atoms with Crippen LogP contribution in [-0.4, -0.2) is 10.5 Å². The van der Waals surface area contributed by atoms with Gasteiger partial charge < -0.3 is 15.6 Å². The van der Waals surface area contributed by atoms with Crippen LogP contribution in [0, 0.1) is 0 Å². The van der Waals surface area contributed by atoms with Gasteiger partial charge in [-0.3, -0.25) is 4.79 Å². The van der Waals surface area contributed by atoms with Crippen LogP contribution in [0.3, 0.4) is 0 Å². The minimum atomic E-state index is 0.0678. The fraction of sp³-hybridized carbons (Fsp3) is 0.312. The van der Waals surface area contributed by atoms with E-state index >= 15 is 0 Å². The van der Waals surface area contributed by atoms with Crippen LogP contribution in [-0.2, 0) is 18.4 Å². The third kappa shape index (κ3) is 3.88. The van der Waals surface area contributed by atoms with Gasteiger partial charge in [0.2, 0.25) is 5.91 Å². The summed E-state index contributed by atoms with van der Waals surface area (Å²) in [4.78, 5) is 11.9. The first-order chi connectivity index (χ1) is 9.54. The molecule has 0 saturated heterocycles. The maximum absolute atomic E-state index is 11.9. The number of benzene rings is 1. The molecule has 1 heterocycles. The van der Waals surface area contributed by atoms with Crippen molar-refractivity contribution in [2.45, 2.75) is 25.8 Å². The molecule has 1 amide bonds. The van der Waals surface area contributed by atoms with Crippen LogP contribution in [0.15, 0.2) is 42.7 Å². The Morgan fingerprint density at radius 1 is 1.30 bits per heavy atom. The number of nitrogen functional groups attached to an aromatic ring is 1. The van der Waals surface area contributed by atoms with Gasteiger partial charge in [-0.15, -0.1) is 0 Å². The van der Waals surface area contributed by atoms with E-state index in [0.717, 1.165) is 16.8 Å². The standard InChI is InChI=1S/C16H21N3O/c1-12(14-3-5-15(17)6-4-14)9-16(20)18-10-13-7-8-19(2)11-13/h3-8,11-12H,9-10,17H2,1-2H3,(H,18,20). The number of aryl methyl sites for hydroxylation is 1. The Labute approximate surface area is 119 Å². The first-order valence-corrected chi connectivity index (χ1v) is 6.77. The van der Waals surface area contributed by atoms with E-state index in [9.17, 15) is 4.79 Å². The SMILES string of the molecule is CC(CC(=O)NCc1ccn(C)c1)c1ccc(N)cc1. The normalized spacial score (nSPS) is 12.1. The van der Waals surface area contributed by atoms with Gasteiger partial charge in [0.25, 0.3) is 0 Å². The van der Waals surface area contributed by atoms with Gasteiger partial charge in [0.05, 0.1) is 0 Å². The average molecular weight is 271 g/mol. The molecule has 0 bridgehead atoms. The Bertz CT molecular complexity index is 572. The minimum Gasteiger partial charge on any atom is -0.399 e. The van der Waals surface area contributed by atoms with Crippen LogP contribution in [0.1, 0.15) is 30.4 Å². The van der Waals surface area contributed by atoms with Crippen molar-refractivity contribution in [1.29, 1.82) is 0 Å². The third-order valence-corrected chi connectivity index (χ3v) is 3.38. The predicted octanol–water partition coefficient (Wildman–Crippen LogP) is 2.42. The number of anilines is 1. The fourth-order valence-electron chi connectivity index (χ4n) is 2.16. The van der Waals surface area contributed by atoms with Gasteiger partial charge in [-0.1, -0.05) is 19.1 Å². The molecule has 2 aromatic rings. The summed E-state index contributed by atoms with van der Waals surface area (Å²) in [5.41, 5.74) is 8.65. The molecule has 0 saturated carbocycles. The van der Waals surface area contributed by atoms with E-state index in [2.05, 4.69) is 5.32 Å². The molecular weight excluding hydrogens is 250 g/mol. The second kappa shape index (κ2) is 6.28. The predicted molar refractivity (Wildman–Crippen MR) is 81.1 cm³/mol. The second-order valence-corrected chi connectivity index (χ2v) is 5.23. The van der Waals surface area contributed by atoms with E-state index in [1.807, 2.05) is 61.3 Å². The summed E-state index contributed by atoms with van der Waals surface area (Å²) in [6, 6.07) is 9.69. The number of amides is 1. The molecule has 1 aromatic heterocycles. The smallest absolute Gasteiger partial charge is 0.220 e. The van der Waals surface area contributed by atoms with Gasteiger partial charge in [0, 0.05) is 38.1 Å². The molecule has 2 rings (SSSR count). The lowest BCUT2D eigenvalue weighted by Crippen LogP contribution is -2.23. The van der Waals surface area contributed by atoms with Gasteiger partial charge in [-0.25, -0.2) is 0 Å². The van der Waals surface area contributed by atoms with Crippen molar-refractivity contribution in [1.82, 2.24) is 9.88 Å². The monoisotopic (exact) mass is 271 g/mol. The summed E-state index contributed by atoms with van der Waals surface area (Å²) in [5, 5.41) is 2.95. The molecule has 4 heteroatoms. The van der Waals surface area contributed by atoms with Crippen LogP contribution in [0.4, 0.5) is 5.69 Å². The van der Waals surface area contributed by atoms with Crippen molar-refractivity contribution in [3.63, 3.8) is 0 Å². The lowest BCUT2D eigenvalue weighted by atomic mass is 9.97. The highest BCUT2D eigenvalue weighted by molar-refractivity contribution is 5.76. The van der Waals surface area contributed by atoms with Crippen molar-refractivity contribution >= 4 is 11.6 Å². The van der Waals surface area contributed by atoms with E-state index in [1.165, 1.54) is 0 Å². The average Bonchev–Trinajstić information content (AvgIpc) is 2.83. The molecule has 4 nitrogen and oxygen atoms in total. The first-order valence-electron chi connectivity index (χ1n) is 6.77. The van der Waals surface area contributed by atoms with Crippen LogP contribution < -0.4 is 11.1 Å². The van der Waals surface area contributed by atoms with Gasteiger partial charge in [-0.05, 0) is 35.2 Å². The molecule has 1 unspecified atom stereocenters. The Hall–Kier alpha value is -2.23. The fourth-order valence-corrected chi connectivity index (χ4v) is 2.16. The molecule has 0 fully saturated rings. The van der Waals surface area contributed by atoms with E-state index < -0.39 is 0 Å². The summed E-state index contributed by atoms with van der Waals surface area (Å²) in [6.45, 7) is 2.63. The topological polar surface area (TPSA) is 60.0 Å². The van der Waals surface area contributed by atoms with Gasteiger partial charge in [0.1, 0.15) is 0 Å². The molecule has 106 valence electrons. The first kappa shape index (κ1) is 14.2. The van der Waals surface area contributed by atoms with Crippen LogP contribution in [0.25, 0.3) is 0 Å². The molecule has 3 N–H and O–H groups in total. The van der Waals surface area contributed by atoms with Crippen molar-refractivity contribution in [3.05, 3.63) is 53.9 Å². The highest BCUT2D eigenvalue weighted by Crippen LogP contribution is 2.19. The van der Waals surface area contributed by atoms with E-state index in [1.54, 1.807) is 0 Å². The number of nitrogens with zero attached hydrogens (tertiary/aromatic N) is 1. The van der Waals surface area contributed by atoms with Gasteiger partial charge in [0.15, 0.2) is 0 Å². The van der Waals surface area contributed by atoms with Crippen LogP contribution in [0.5, 0.6) is 0 Å². The molecule has 1 aromatic carbocycles. The number of hydrogen-bond acceptors (Lipinski definition) is 2. The Morgan fingerprint density at radius 2 is 2.00 bits per heavy atom. The van der Waals surface area contributed by atoms with E-state index in [-0.39, 0.29) is 11.8 Å². The van der Waals surface area contributed by atoms with Crippen molar-refractivity contribution in [3.8, 4) is 0 Å². The highest BCUT2D eigenvalue weighted by atomic mass is 16.1. The number of nitrogens with two attached hydrogens (primary N) is 1. The number of nitrogens with one attached hydrogen (secondary N) is 1. The zero-order valence-corrected chi connectivity index (χ0v) is 12.0. The Morgan fingerprint density at radius 3 is 2.60 bits per heavy atom. The number of rotatable bonds is 5. The van der Waals surface area contributed by atoms with Crippen molar-refractivity contribution < 1.29 is 4.79 Å². The van der Waals surface area contributed by atoms with Crippen LogP contribution in [0.2, 0.25) is 0 Å². The lowest BCUT2D eigenvalue weighted by Gasteiger charge is -2.12. The molecule has 0 aliphatic carbocycles. The maximum Gasteiger partial charge on any atom is 0.220 e. The molecular formula is C16H21N3O. The molecule has 0 spiro atoms. The quantitative estimate of drug-likeness (QED) is 0.820. The Balaban J connectivity index is 1.83. The number of carbonyl (C=O) groups excluding carboxylic acids is 1. The molecule has 0 aliphatic heterocycles. The second-order valence-electron chi connectivity index (χ2n) is 5.23. The van der Waals surface area contributed by atoms with Crippen LogP contribution >= 0.6 is 0 Å². The molecule has 0 aliphatic rings. The third-order valence-electron chi connectivity index (χ3n) is 3.38. The minimum absolute atomic E-state index is 0.0678. The van der Waals surface area contributed by atoms with E-state index in [4.69, 9.17) is 5.73 Å². The van der Waals surface area contributed by atoms with Gasteiger partial charge >= 0.3 is 0 Å². The lowest BCUT2D eigenvalue weighted by molar-refractivity contribution is -0.121. The highest BCUT2D eigenvalue weighted by Gasteiger charge is 2.11. The Kier molecular flexibility index (Phi) is 4.45. The summed E-state index contributed by atoms with van der Waals surface area (Å²) in [5.74, 6) is 0.254. The number of carbonyl (C=O) groups is 1. The molecule has 20 heavy (non-hydrogen) atoms. The summed E-state index contributed by atoms with van der Waals surface area (Å²) < 4.78 is 1.97. The zero-order valence-electron chi connectivity index (χ0n) is 12.0. The maximum atomic E-state index is 11.9. The largest absolute Gasteiger partial charge is 0.399 e. The number of aromatic nitrogens is 1. The summed E-state index contributed by atoms with van der Waals surface area (Å²) in [6.07, 6.45) is 4.46.